The predicted octanol–water partition coefficient (Wildman–Crippen LogP) is 4.62. The molecule has 35 heavy (non-hydrogen) atoms. The molecule has 1 aromatic heterocycles. The van der Waals surface area contributed by atoms with Gasteiger partial charge in [-0.1, -0.05) is 66.7 Å². The van der Waals surface area contributed by atoms with Gasteiger partial charge in [0.05, 0.1) is 17.9 Å². The van der Waals surface area contributed by atoms with Crippen molar-refractivity contribution < 1.29 is 26.7 Å². The summed E-state index contributed by atoms with van der Waals surface area (Å²) in [6, 6.07) is 20.8. The van der Waals surface area contributed by atoms with Crippen molar-refractivity contribution in [3.05, 3.63) is 107 Å². The van der Waals surface area contributed by atoms with E-state index < -0.39 is 28.2 Å². The molecule has 0 radical (unpaired) electrons. The second-order valence-electron chi connectivity index (χ2n) is 8.07. The van der Waals surface area contributed by atoms with E-state index in [0.717, 1.165) is 23.3 Å². The number of rotatable bonds is 8. The Kier molecular flexibility index (Phi) is 7.04. The Balaban J connectivity index is 1.52. The van der Waals surface area contributed by atoms with Crippen molar-refractivity contribution in [3.63, 3.8) is 0 Å². The summed E-state index contributed by atoms with van der Waals surface area (Å²) >= 11 is 0. The molecule has 0 aliphatic rings. The van der Waals surface area contributed by atoms with Crippen LogP contribution in [0, 0.1) is 0 Å². The van der Waals surface area contributed by atoms with Crippen molar-refractivity contribution in [3.8, 4) is 11.1 Å². The number of aromatic nitrogens is 3. The first-order chi connectivity index (χ1) is 16.6. The molecule has 0 bridgehead atoms. The van der Waals surface area contributed by atoms with Crippen molar-refractivity contribution in [1.29, 1.82) is 0 Å². The number of nitrogens with zero attached hydrogens (tertiary/aromatic N) is 3. The Bertz CT molecular complexity index is 1380. The fourth-order valence-corrected chi connectivity index (χ4v) is 5.10. The molecule has 0 fully saturated rings. The number of aliphatic hydroxyl groups excluding tert-OH is 1. The molecule has 10 heteroatoms. The summed E-state index contributed by atoms with van der Waals surface area (Å²) < 4.78 is 65.4. The van der Waals surface area contributed by atoms with Crippen LogP contribution >= 0.6 is 0 Å². The zero-order valence-electron chi connectivity index (χ0n) is 18.5. The molecule has 0 aliphatic carbocycles. The second-order valence-corrected chi connectivity index (χ2v) is 10.1. The van der Waals surface area contributed by atoms with Crippen molar-refractivity contribution in [2.75, 3.05) is 0 Å². The minimum absolute atomic E-state index is 0.142. The minimum atomic E-state index is -4.39. The van der Waals surface area contributed by atoms with Crippen LogP contribution in [0.2, 0.25) is 0 Å². The van der Waals surface area contributed by atoms with Crippen LogP contribution < -0.4 is 0 Å². The topological polar surface area (TPSA) is 85.1 Å². The zero-order chi connectivity index (χ0) is 25.1. The molecule has 0 saturated carbocycles. The number of sulfone groups is 1. The van der Waals surface area contributed by atoms with Gasteiger partial charge in [0, 0.05) is 0 Å². The summed E-state index contributed by atoms with van der Waals surface area (Å²) in [6.45, 7) is -0.179. The van der Waals surface area contributed by atoms with Gasteiger partial charge in [0.15, 0.2) is 15.7 Å². The summed E-state index contributed by atoms with van der Waals surface area (Å²) in [4.78, 5) is 0. The van der Waals surface area contributed by atoms with E-state index in [9.17, 15) is 26.7 Å². The lowest BCUT2D eigenvalue weighted by Gasteiger charge is -2.11. The van der Waals surface area contributed by atoms with Gasteiger partial charge in [-0.15, -0.1) is 10.2 Å². The Labute approximate surface area is 200 Å². The second kappa shape index (κ2) is 10.0. The predicted molar refractivity (Wildman–Crippen MR) is 125 cm³/mol. The largest absolute Gasteiger partial charge is 0.416 e. The first-order valence-electron chi connectivity index (χ1n) is 10.7. The molecular formula is C25H22F3N3O3S. The Morgan fingerprint density at radius 3 is 1.89 bits per heavy atom. The van der Waals surface area contributed by atoms with Crippen LogP contribution in [0.1, 0.15) is 28.3 Å². The van der Waals surface area contributed by atoms with Crippen LogP contribution in [0.15, 0.2) is 78.9 Å². The van der Waals surface area contributed by atoms with Gasteiger partial charge in [0.1, 0.15) is 18.2 Å². The highest BCUT2D eigenvalue weighted by molar-refractivity contribution is 7.89. The highest BCUT2D eigenvalue weighted by Crippen LogP contribution is 2.31. The lowest BCUT2D eigenvalue weighted by Crippen LogP contribution is -2.15. The van der Waals surface area contributed by atoms with Crippen LogP contribution in [0.5, 0.6) is 0 Å². The van der Waals surface area contributed by atoms with Crippen molar-refractivity contribution >= 4 is 9.84 Å². The molecule has 0 spiro atoms. The maximum Gasteiger partial charge on any atom is 0.416 e. The third kappa shape index (κ3) is 6.14. The molecule has 1 N–H and O–H groups in total. The summed E-state index contributed by atoms with van der Waals surface area (Å²) in [5.74, 6) is -0.0197. The summed E-state index contributed by atoms with van der Waals surface area (Å²) in [6.07, 6.45) is -4.39. The highest BCUT2D eigenvalue weighted by Gasteiger charge is 2.30. The van der Waals surface area contributed by atoms with Gasteiger partial charge in [-0.3, -0.25) is 0 Å². The van der Waals surface area contributed by atoms with Gasteiger partial charge >= 0.3 is 6.18 Å². The molecule has 0 atom stereocenters. The molecule has 1 heterocycles. The average molecular weight is 502 g/mol. The molecule has 0 amide bonds. The molecular weight excluding hydrogens is 479 g/mol. The van der Waals surface area contributed by atoms with Crippen LogP contribution in [-0.4, -0.2) is 28.3 Å². The van der Waals surface area contributed by atoms with Gasteiger partial charge in [-0.05, 0) is 34.4 Å². The van der Waals surface area contributed by atoms with Crippen LogP contribution in [0.25, 0.3) is 11.1 Å². The van der Waals surface area contributed by atoms with Gasteiger partial charge in [-0.25, -0.2) is 8.42 Å². The van der Waals surface area contributed by atoms with E-state index in [4.69, 9.17) is 0 Å². The third-order valence-corrected chi connectivity index (χ3v) is 6.94. The van der Waals surface area contributed by atoms with Crippen molar-refractivity contribution in [1.82, 2.24) is 14.8 Å². The maximum absolute atomic E-state index is 12.8. The molecule has 0 aliphatic heterocycles. The number of hydrogen-bond acceptors (Lipinski definition) is 5. The molecule has 6 nitrogen and oxygen atoms in total. The number of alkyl halides is 3. The van der Waals surface area contributed by atoms with E-state index in [2.05, 4.69) is 10.2 Å². The first-order valence-corrected chi connectivity index (χ1v) is 12.5. The molecule has 4 rings (SSSR count). The fraction of sp³-hybridized carbons (Fsp3) is 0.200. The van der Waals surface area contributed by atoms with Gasteiger partial charge in [0.25, 0.3) is 0 Å². The zero-order valence-corrected chi connectivity index (χ0v) is 19.3. The molecule has 182 valence electrons. The Morgan fingerprint density at radius 1 is 0.743 bits per heavy atom. The summed E-state index contributed by atoms with van der Waals surface area (Å²) in [7, 11) is -3.54. The van der Waals surface area contributed by atoms with Gasteiger partial charge < -0.3 is 9.67 Å². The third-order valence-electron chi connectivity index (χ3n) is 5.46. The minimum Gasteiger partial charge on any atom is -0.388 e. The number of halogens is 3. The lowest BCUT2D eigenvalue weighted by molar-refractivity contribution is -0.137. The van der Waals surface area contributed by atoms with Crippen molar-refractivity contribution in [2.45, 2.75) is 30.8 Å². The Hall–Kier alpha value is -3.50. The number of aliphatic hydroxyl groups is 1. The standard InChI is InChI=1S/C25H22F3N3O3S/c26-25(27,28)22-12-10-21(11-13-22)20-8-6-18(7-9-20)14-31-23(15-32)29-30-24(31)17-35(33,34)16-19-4-2-1-3-5-19/h1-13,32H,14-17H2. The van der Waals surface area contributed by atoms with E-state index >= 15 is 0 Å². The number of hydrogen-bond donors (Lipinski definition) is 1. The van der Waals surface area contributed by atoms with E-state index in [1.807, 2.05) is 6.07 Å². The molecule has 0 unspecified atom stereocenters. The highest BCUT2D eigenvalue weighted by atomic mass is 32.2. The smallest absolute Gasteiger partial charge is 0.388 e. The maximum atomic E-state index is 12.8. The van der Waals surface area contributed by atoms with Gasteiger partial charge in [0.2, 0.25) is 0 Å². The van der Waals surface area contributed by atoms with Crippen LogP contribution in [-0.2, 0) is 40.7 Å². The fourth-order valence-electron chi connectivity index (χ4n) is 3.69. The SMILES string of the molecule is O=S(=O)(Cc1ccccc1)Cc1nnc(CO)n1Cc1ccc(-c2ccc(C(F)(F)F)cc2)cc1. The van der Waals surface area contributed by atoms with Crippen LogP contribution in [0.3, 0.4) is 0 Å². The molecule has 0 saturated heterocycles. The molecule has 4 aromatic rings. The van der Waals surface area contributed by atoms with Gasteiger partial charge in [-0.2, -0.15) is 13.2 Å². The normalized spacial score (nSPS) is 12.1. The average Bonchev–Trinajstić information content (AvgIpc) is 3.19. The van der Waals surface area contributed by atoms with Crippen molar-refractivity contribution in [2.24, 2.45) is 0 Å². The van der Waals surface area contributed by atoms with Crippen LogP contribution in [0.4, 0.5) is 13.2 Å². The first kappa shape index (κ1) is 24.6. The van der Waals surface area contributed by atoms with E-state index in [0.29, 0.717) is 11.1 Å². The lowest BCUT2D eigenvalue weighted by atomic mass is 10.0. The summed E-state index contributed by atoms with van der Waals surface area (Å²) in [5.41, 5.74) is 2.12. The quantitative estimate of drug-likeness (QED) is 0.381. The van der Waals surface area contributed by atoms with E-state index in [-0.39, 0.29) is 29.7 Å². The summed E-state index contributed by atoms with van der Waals surface area (Å²) in [5, 5.41) is 17.6. The van der Waals surface area contributed by atoms with E-state index in [1.54, 1.807) is 53.1 Å². The Morgan fingerprint density at radius 2 is 1.31 bits per heavy atom. The number of benzene rings is 3. The monoisotopic (exact) mass is 501 g/mol. The molecule has 3 aromatic carbocycles. The van der Waals surface area contributed by atoms with E-state index in [1.165, 1.54) is 12.1 Å².